The summed E-state index contributed by atoms with van der Waals surface area (Å²) in [6.07, 6.45) is 0.403. The summed E-state index contributed by atoms with van der Waals surface area (Å²) in [4.78, 5) is 5.52. The van der Waals surface area contributed by atoms with Gasteiger partial charge in [-0.3, -0.25) is 9.20 Å². The predicted molar refractivity (Wildman–Crippen MR) is 117 cm³/mol. The van der Waals surface area contributed by atoms with Crippen molar-refractivity contribution < 1.29 is 8.60 Å². The highest BCUT2D eigenvalue weighted by atomic mass is 32.2. The van der Waals surface area contributed by atoms with E-state index in [1.807, 2.05) is 42.5 Å². The van der Waals surface area contributed by atoms with Gasteiger partial charge in [0.25, 0.3) is 0 Å². The molecule has 0 N–H and O–H groups in total. The van der Waals surface area contributed by atoms with Gasteiger partial charge in [-0.05, 0) is 40.6 Å². The molecule has 4 aromatic rings. The largest absolute Gasteiger partial charge is 0.254 e. The number of hydrogen-bond donors (Lipinski definition) is 0. The van der Waals surface area contributed by atoms with E-state index in [-0.39, 0.29) is 5.82 Å². The summed E-state index contributed by atoms with van der Waals surface area (Å²) in [5.74, 6) is -0.330. The van der Waals surface area contributed by atoms with E-state index in [9.17, 15) is 8.60 Å². The molecule has 142 valence electrons. The van der Waals surface area contributed by atoms with Crippen LogP contribution in [-0.4, -0.2) is 9.92 Å². The summed E-state index contributed by atoms with van der Waals surface area (Å²) in [5, 5.41) is 1.78. The zero-order valence-electron chi connectivity index (χ0n) is 15.6. The van der Waals surface area contributed by atoms with E-state index in [2.05, 4.69) is 24.3 Å². The summed E-state index contributed by atoms with van der Waals surface area (Å²) in [7, 11) is -1.41. The maximum Gasteiger partial charge on any atom is 0.127 e. The van der Waals surface area contributed by atoms with Crippen LogP contribution in [0, 0.1) is 5.82 Å². The molecular formula is C25H18FNOS. The third-order valence-electron chi connectivity index (χ3n) is 5.31. The van der Waals surface area contributed by atoms with Gasteiger partial charge in [0.2, 0.25) is 0 Å². The van der Waals surface area contributed by atoms with Crippen molar-refractivity contribution in [1.29, 1.82) is 0 Å². The van der Waals surface area contributed by atoms with Gasteiger partial charge in [-0.1, -0.05) is 66.7 Å². The average Bonchev–Trinajstić information content (AvgIpc) is 2.91. The van der Waals surface area contributed by atoms with Gasteiger partial charge in [0.1, 0.15) is 5.82 Å². The molecule has 0 fully saturated rings. The summed E-state index contributed by atoms with van der Waals surface area (Å²) < 4.78 is 28.1. The molecule has 2 nitrogen and oxygen atoms in total. The van der Waals surface area contributed by atoms with Gasteiger partial charge in [0.15, 0.2) is 0 Å². The molecule has 0 amide bonds. The lowest BCUT2D eigenvalue weighted by Crippen LogP contribution is -2.13. The molecule has 1 aliphatic heterocycles. The van der Waals surface area contributed by atoms with E-state index in [1.54, 1.807) is 18.2 Å². The van der Waals surface area contributed by atoms with Crippen molar-refractivity contribution >= 4 is 33.0 Å². The zero-order chi connectivity index (χ0) is 19.8. The fourth-order valence-electron chi connectivity index (χ4n) is 3.83. The number of fused-ring (bicyclic) bond motifs is 2. The second-order valence-electron chi connectivity index (χ2n) is 7.10. The Bertz CT molecular complexity index is 1280. The van der Waals surface area contributed by atoms with Gasteiger partial charge in [-0.15, -0.1) is 0 Å². The van der Waals surface area contributed by atoms with Crippen LogP contribution in [0.3, 0.4) is 0 Å². The van der Waals surface area contributed by atoms with Crippen LogP contribution in [0.25, 0.3) is 10.8 Å². The molecular weight excluding hydrogens is 381 g/mol. The summed E-state index contributed by atoms with van der Waals surface area (Å²) in [6.45, 7) is 0. The first-order valence-corrected chi connectivity index (χ1v) is 10.7. The van der Waals surface area contributed by atoms with Gasteiger partial charge in [0, 0.05) is 17.7 Å². The van der Waals surface area contributed by atoms with Crippen LogP contribution in [0.1, 0.15) is 22.8 Å². The quantitative estimate of drug-likeness (QED) is 0.386. The van der Waals surface area contributed by atoms with E-state index in [4.69, 9.17) is 4.99 Å². The lowest BCUT2D eigenvalue weighted by molar-refractivity contribution is 0.604. The second-order valence-corrected chi connectivity index (χ2v) is 8.70. The molecule has 1 aliphatic rings. The molecule has 4 aromatic carbocycles. The van der Waals surface area contributed by atoms with Crippen molar-refractivity contribution in [3.63, 3.8) is 0 Å². The SMILES string of the molecule is O=[S@@]1c2ccccc2N=C(c2ccc3ccccc3c2)C[C@@H]1c1ccccc1F. The van der Waals surface area contributed by atoms with Crippen LogP contribution in [0.2, 0.25) is 0 Å². The molecule has 0 aliphatic carbocycles. The Morgan fingerprint density at radius 3 is 2.41 bits per heavy atom. The summed E-state index contributed by atoms with van der Waals surface area (Å²) in [6, 6.07) is 28.4. The fraction of sp³-hybridized carbons (Fsp3) is 0.0800. The second kappa shape index (κ2) is 7.37. The van der Waals surface area contributed by atoms with E-state index in [0.717, 1.165) is 22.0 Å². The smallest absolute Gasteiger partial charge is 0.127 e. The Labute approximate surface area is 171 Å². The van der Waals surface area contributed by atoms with Gasteiger partial charge in [-0.2, -0.15) is 0 Å². The minimum atomic E-state index is -1.41. The zero-order valence-corrected chi connectivity index (χ0v) is 16.4. The van der Waals surface area contributed by atoms with Crippen molar-refractivity contribution in [2.45, 2.75) is 16.6 Å². The number of nitrogens with zero attached hydrogens (tertiary/aromatic N) is 1. The summed E-state index contributed by atoms with van der Waals surface area (Å²) in [5.41, 5.74) is 2.95. The first-order valence-electron chi connectivity index (χ1n) is 9.51. The van der Waals surface area contributed by atoms with Crippen LogP contribution in [-0.2, 0) is 10.8 Å². The first-order chi connectivity index (χ1) is 14.2. The summed E-state index contributed by atoms with van der Waals surface area (Å²) >= 11 is 0. The van der Waals surface area contributed by atoms with E-state index in [1.165, 1.54) is 6.07 Å². The molecule has 29 heavy (non-hydrogen) atoms. The minimum Gasteiger partial charge on any atom is -0.254 e. The first kappa shape index (κ1) is 18.0. The molecule has 0 unspecified atom stereocenters. The van der Waals surface area contributed by atoms with Gasteiger partial charge >= 0.3 is 0 Å². The fourth-order valence-corrected chi connectivity index (χ4v) is 5.40. The molecule has 2 atom stereocenters. The minimum absolute atomic E-state index is 0.330. The molecule has 0 saturated carbocycles. The monoisotopic (exact) mass is 399 g/mol. The number of hydrogen-bond acceptors (Lipinski definition) is 2. The van der Waals surface area contributed by atoms with E-state index in [0.29, 0.717) is 22.6 Å². The molecule has 1 heterocycles. The van der Waals surface area contributed by atoms with Crippen molar-refractivity contribution in [1.82, 2.24) is 0 Å². The number of para-hydroxylation sites is 1. The third-order valence-corrected chi connectivity index (χ3v) is 7.03. The van der Waals surface area contributed by atoms with Crippen LogP contribution in [0.4, 0.5) is 10.1 Å². The highest BCUT2D eigenvalue weighted by Gasteiger charge is 2.29. The average molecular weight is 399 g/mol. The van der Waals surface area contributed by atoms with Gasteiger partial charge < -0.3 is 0 Å². The number of aliphatic imine (C=N–C) groups is 1. The topological polar surface area (TPSA) is 29.4 Å². The lowest BCUT2D eigenvalue weighted by Gasteiger charge is -2.17. The van der Waals surface area contributed by atoms with E-state index < -0.39 is 16.0 Å². The highest BCUT2D eigenvalue weighted by molar-refractivity contribution is 7.85. The molecule has 0 spiro atoms. The molecule has 0 radical (unpaired) electrons. The molecule has 0 saturated heterocycles. The highest BCUT2D eigenvalue weighted by Crippen LogP contribution is 2.39. The van der Waals surface area contributed by atoms with Crippen LogP contribution >= 0.6 is 0 Å². The Kier molecular flexibility index (Phi) is 4.57. The Morgan fingerprint density at radius 1 is 0.828 bits per heavy atom. The third kappa shape index (κ3) is 3.30. The standard InChI is InChI=1S/C25H18FNOS/c26-21-10-4-3-9-20(21)25-16-23(27-22-11-5-6-12-24(22)29(25)28)19-14-13-17-7-1-2-8-18(17)15-19/h1-15,25H,16H2/t25-,29-/m1/s1. The molecule has 4 heteroatoms. The van der Waals surface area contributed by atoms with Crippen molar-refractivity contribution in [2.75, 3.05) is 0 Å². The Morgan fingerprint density at radius 2 is 1.55 bits per heavy atom. The number of rotatable bonds is 2. The van der Waals surface area contributed by atoms with Crippen LogP contribution in [0.5, 0.6) is 0 Å². The van der Waals surface area contributed by atoms with E-state index >= 15 is 0 Å². The maximum absolute atomic E-state index is 14.6. The van der Waals surface area contributed by atoms with Crippen molar-refractivity contribution in [3.05, 3.63) is 108 Å². The van der Waals surface area contributed by atoms with Crippen molar-refractivity contribution in [2.24, 2.45) is 4.99 Å². The normalized spacial score (nSPS) is 18.7. The predicted octanol–water partition coefficient (Wildman–Crippen LogP) is 6.35. The molecule has 5 rings (SSSR count). The Balaban J connectivity index is 1.69. The van der Waals surface area contributed by atoms with Gasteiger partial charge in [0.05, 0.1) is 26.6 Å². The number of halogens is 1. The van der Waals surface area contributed by atoms with Gasteiger partial charge in [-0.25, -0.2) is 4.39 Å². The van der Waals surface area contributed by atoms with Crippen molar-refractivity contribution in [3.8, 4) is 0 Å². The Hall–Kier alpha value is -3.11. The van der Waals surface area contributed by atoms with Crippen LogP contribution < -0.4 is 0 Å². The number of benzene rings is 4. The van der Waals surface area contributed by atoms with Crippen LogP contribution in [0.15, 0.2) is 101 Å². The molecule has 0 aromatic heterocycles. The molecule has 0 bridgehead atoms. The maximum atomic E-state index is 14.6. The lowest BCUT2D eigenvalue weighted by atomic mass is 9.98.